The van der Waals surface area contributed by atoms with Crippen molar-refractivity contribution >= 4 is 10.0 Å². The largest absolute Gasteiger partial charge is 0.228 e. The molecule has 0 radical (unpaired) electrons. The second kappa shape index (κ2) is 7.99. The van der Waals surface area contributed by atoms with Gasteiger partial charge < -0.3 is 0 Å². The molecule has 7 heteroatoms. The third kappa shape index (κ3) is 4.16. The van der Waals surface area contributed by atoms with Gasteiger partial charge in [0.15, 0.2) is 5.82 Å². The average molecular weight is 344 g/mol. The van der Waals surface area contributed by atoms with Gasteiger partial charge in [0, 0.05) is 26.1 Å². The van der Waals surface area contributed by atoms with Gasteiger partial charge in [-0.15, -0.1) is 17.4 Å². The minimum absolute atomic E-state index is 0.196. The average Bonchev–Trinajstić information content (AvgIpc) is 2.59. The fraction of sp³-hybridized carbons (Fsp3) is 0.353. The van der Waals surface area contributed by atoms with Crippen LogP contribution < -0.4 is 0 Å². The standard InChI is InChI=1S/C17H20N4O2S/c1-4-5-7-12-16(24(22,23)21(2)3)17-19-15(13-18-20-17)14-10-8-6-9-11-14/h1,6,8-11,13,16H,5,7,12H2,2-3H3. The summed E-state index contributed by atoms with van der Waals surface area (Å²) in [5.74, 6) is 2.72. The van der Waals surface area contributed by atoms with Crippen LogP contribution in [0.5, 0.6) is 0 Å². The number of sulfonamides is 1. The van der Waals surface area contributed by atoms with Crippen molar-refractivity contribution in [2.24, 2.45) is 0 Å². The minimum Gasteiger partial charge on any atom is -0.228 e. The lowest BCUT2D eigenvalue weighted by Crippen LogP contribution is -2.29. The molecule has 0 amide bonds. The number of rotatable bonds is 7. The smallest absolute Gasteiger partial charge is 0.223 e. The Labute approximate surface area is 143 Å². The van der Waals surface area contributed by atoms with Crippen molar-refractivity contribution in [1.29, 1.82) is 0 Å². The van der Waals surface area contributed by atoms with E-state index in [2.05, 4.69) is 21.1 Å². The molecule has 1 atom stereocenters. The van der Waals surface area contributed by atoms with Crippen molar-refractivity contribution in [2.45, 2.75) is 24.5 Å². The molecule has 0 aliphatic heterocycles. The van der Waals surface area contributed by atoms with E-state index in [4.69, 9.17) is 6.42 Å². The molecule has 24 heavy (non-hydrogen) atoms. The van der Waals surface area contributed by atoms with Crippen LogP contribution >= 0.6 is 0 Å². The van der Waals surface area contributed by atoms with Crippen molar-refractivity contribution in [3.8, 4) is 23.6 Å². The number of benzene rings is 1. The van der Waals surface area contributed by atoms with Crippen molar-refractivity contribution in [3.63, 3.8) is 0 Å². The highest BCUT2D eigenvalue weighted by atomic mass is 32.2. The van der Waals surface area contributed by atoms with Crippen molar-refractivity contribution < 1.29 is 8.42 Å². The molecule has 1 heterocycles. The normalized spacial score (nSPS) is 12.8. The van der Waals surface area contributed by atoms with Gasteiger partial charge in [-0.05, 0) is 12.8 Å². The predicted molar refractivity (Wildman–Crippen MR) is 93.3 cm³/mol. The molecule has 0 fully saturated rings. The molecule has 0 aliphatic rings. The highest BCUT2D eigenvalue weighted by molar-refractivity contribution is 7.89. The molecule has 0 aliphatic carbocycles. The second-order valence-corrected chi connectivity index (χ2v) is 7.81. The Morgan fingerprint density at radius 1 is 1.25 bits per heavy atom. The summed E-state index contributed by atoms with van der Waals surface area (Å²) in [6.45, 7) is 0. The van der Waals surface area contributed by atoms with Crippen LogP contribution in [0.3, 0.4) is 0 Å². The lowest BCUT2D eigenvalue weighted by atomic mass is 10.1. The number of hydrogen-bond donors (Lipinski definition) is 0. The zero-order chi connectivity index (χ0) is 17.6. The first-order chi connectivity index (χ1) is 11.5. The monoisotopic (exact) mass is 344 g/mol. The Morgan fingerprint density at radius 2 is 1.96 bits per heavy atom. The highest BCUT2D eigenvalue weighted by Gasteiger charge is 2.32. The zero-order valence-corrected chi connectivity index (χ0v) is 14.6. The second-order valence-electron chi connectivity index (χ2n) is 5.48. The summed E-state index contributed by atoms with van der Waals surface area (Å²) in [4.78, 5) is 4.44. The maximum atomic E-state index is 12.6. The molecular weight excluding hydrogens is 324 g/mol. The van der Waals surface area contributed by atoms with Crippen LogP contribution in [-0.4, -0.2) is 42.0 Å². The molecule has 2 aromatic rings. The van der Waals surface area contributed by atoms with E-state index in [0.29, 0.717) is 25.0 Å². The van der Waals surface area contributed by atoms with E-state index in [1.54, 1.807) is 0 Å². The molecule has 6 nitrogen and oxygen atoms in total. The number of hydrogen-bond acceptors (Lipinski definition) is 5. The molecule has 2 rings (SSSR count). The van der Waals surface area contributed by atoms with Crippen molar-refractivity contribution in [1.82, 2.24) is 19.5 Å². The van der Waals surface area contributed by atoms with Gasteiger partial charge in [0.1, 0.15) is 5.25 Å². The van der Waals surface area contributed by atoms with E-state index < -0.39 is 15.3 Å². The van der Waals surface area contributed by atoms with Gasteiger partial charge in [0.05, 0.1) is 11.9 Å². The molecular formula is C17H20N4O2S. The molecule has 1 aromatic heterocycles. The number of terminal acetylenes is 1. The fourth-order valence-corrected chi connectivity index (χ4v) is 3.60. The molecule has 0 spiro atoms. The van der Waals surface area contributed by atoms with Crippen LogP contribution in [0.25, 0.3) is 11.3 Å². The first-order valence-corrected chi connectivity index (χ1v) is 9.07. The molecule has 0 saturated heterocycles. The Balaban J connectivity index is 2.41. The van der Waals surface area contributed by atoms with Gasteiger partial charge in [0.25, 0.3) is 0 Å². The van der Waals surface area contributed by atoms with Gasteiger partial charge in [-0.2, -0.15) is 5.10 Å². The summed E-state index contributed by atoms with van der Waals surface area (Å²) in [7, 11) is -0.576. The van der Waals surface area contributed by atoms with Gasteiger partial charge in [-0.3, -0.25) is 0 Å². The molecule has 126 valence electrons. The fourth-order valence-electron chi connectivity index (χ4n) is 2.26. The van der Waals surface area contributed by atoms with Gasteiger partial charge in [-0.1, -0.05) is 30.3 Å². The third-order valence-electron chi connectivity index (χ3n) is 3.59. The number of unbranched alkanes of at least 4 members (excludes halogenated alkanes) is 1. The van der Waals surface area contributed by atoms with Gasteiger partial charge in [-0.25, -0.2) is 17.7 Å². The summed E-state index contributed by atoms with van der Waals surface area (Å²) >= 11 is 0. The SMILES string of the molecule is C#CCCCC(c1nncc(-c2ccccc2)n1)S(=O)(=O)N(C)C. The molecule has 1 aromatic carbocycles. The Bertz CT molecular complexity index is 814. The quantitative estimate of drug-likeness (QED) is 0.569. The maximum Gasteiger partial charge on any atom is 0.223 e. The first kappa shape index (κ1) is 18.0. The van der Waals surface area contributed by atoms with E-state index in [1.165, 1.54) is 24.6 Å². The molecule has 0 saturated carbocycles. The molecule has 0 bridgehead atoms. The highest BCUT2D eigenvalue weighted by Crippen LogP contribution is 2.28. The van der Waals surface area contributed by atoms with Crippen LogP contribution in [0.15, 0.2) is 36.5 Å². The van der Waals surface area contributed by atoms with Crippen molar-refractivity contribution in [2.75, 3.05) is 14.1 Å². The van der Waals surface area contributed by atoms with E-state index in [9.17, 15) is 8.42 Å². The molecule has 0 N–H and O–H groups in total. The van der Waals surface area contributed by atoms with E-state index >= 15 is 0 Å². The lowest BCUT2D eigenvalue weighted by Gasteiger charge is -2.20. The summed E-state index contributed by atoms with van der Waals surface area (Å²) < 4.78 is 26.5. The number of aromatic nitrogens is 3. The molecule has 1 unspecified atom stereocenters. The van der Waals surface area contributed by atoms with E-state index in [1.807, 2.05) is 30.3 Å². The Morgan fingerprint density at radius 3 is 2.58 bits per heavy atom. The summed E-state index contributed by atoms with van der Waals surface area (Å²) in [5.41, 5.74) is 1.45. The topological polar surface area (TPSA) is 76.0 Å². The first-order valence-electron chi connectivity index (χ1n) is 7.56. The van der Waals surface area contributed by atoms with Crippen molar-refractivity contribution in [3.05, 3.63) is 42.4 Å². The predicted octanol–water partition coefficient (Wildman–Crippen LogP) is 2.27. The van der Waals surface area contributed by atoms with E-state index in [-0.39, 0.29) is 5.82 Å². The zero-order valence-electron chi connectivity index (χ0n) is 13.8. The third-order valence-corrected chi connectivity index (χ3v) is 5.77. The Kier molecular flexibility index (Phi) is 6.01. The van der Waals surface area contributed by atoms with Crippen LogP contribution in [0.2, 0.25) is 0 Å². The van der Waals surface area contributed by atoms with Crippen LogP contribution in [0, 0.1) is 12.3 Å². The van der Waals surface area contributed by atoms with Gasteiger partial charge >= 0.3 is 0 Å². The summed E-state index contributed by atoms with van der Waals surface area (Å²) in [6, 6.07) is 9.46. The Hall–Kier alpha value is -2.30. The van der Waals surface area contributed by atoms with Crippen LogP contribution in [-0.2, 0) is 10.0 Å². The van der Waals surface area contributed by atoms with E-state index in [0.717, 1.165) is 5.56 Å². The summed E-state index contributed by atoms with van der Waals surface area (Å²) in [6.07, 6.45) is 8.23. The van der Waals surface area contributed by atoms with Gasteiger partial charge in [0.2, 0.25) is 10.0 Å². The lowest BCUT2D eigenvalue weighted by molar-refractivity contribution is 0.493. The van der Waals surface area contributed by atoms with Crippen LogP contribution in [0.1, 0.15) is 30.3 Å². The number of nitrogens with zero attached hydrogens (tertiary/aromatic N) is 4. The van der Waals surface area contributed by atoms with Crippen LogP contribution in [0.4, 0.5) is 0 Å². The minimum atomic E-state index is -3.57. The summed E-state index contributed by atoms with van der Waals surface area (Å²) in [5, 5.41) is 7.06. The maximum absolute atomic E-state index is 12.6.